The third-order valence-electron chi connectivity index (χ3n) is 2.21. The minimum absolute atomic E-state index is 0.0959. The second kappa shape index (κ2) is 3.48. The second-order valence-electron chi connectivity index (χ2n) is 4.31. The molecule has 0 unspecified atom stereocenters. The number of hydrogen-bond donors (Lipinski definition) is 0. The fraction of sp³-hybridized carbons (Fsp3) is 0.700. The average molecular weight is 184 g/mol. The topological polar surface area (TPSA) is 17.8 Å². The number of hydrogen-bond acceptors (Lipinski definition) is 1. The van der Waals surface area contributed by atoms with Gasteiger partial charge in [-0.2, -0.15) is 5.10 Å². The zero-order valence-corrected chi connectivity index (χ0v) is 8.76. The van der Waals surface area contributed by atoms with Crippen LogP contribution in [0.15, 0.2) is 6.20 Å². The lowest BCUT2D eigenvalue weighted by atomic mass is 9.88. The van der Waals surface area contributed by atoms with Crippen molar-refractivity contribution in [2.75, 3.05) is 6.67 Å². The summed E-state index contributed by atoms with van der Waals surface area (Å²) in [6.07, 6.45) is 1.84. The van der Waals surface area contributed by atoms with Gasteiger partial charge in [-0.25, -0.2) is 4.39 Å². The molecule has 0 atom stereocenters. The lowest BCUT2D eigenvalue weighted by molar-refractivity contribution is 0.422. The highest BCUT2D eigenvalue weighted by molar-refractivity contribution is 5.24. The molecule has 0 aromatic carbocycles. The Morgan fingerprint density at radius 3 is 2.46 bits per heavy atom. The molecule has 1 heterocycles. The van der Waals surface area contributed by atoms with Crippen molar-refractivity contribution in [2.24, 2.45) is 0 Å². The van der Waals surface area contributed by atoms with E-state index in [0.717, 1.165) is 5.69 Å². The first-order chi connectivity index (χ1) is 5.96. The van der Waals surface area contributed by atoms with Gasteiger partial charge in [0.2, 0.25) is 0 Å². The molecule has 0 N–H and O–H groups in total. The van der Waals surface area contributed by atoms with Gasteiger partial charge < -0.3 is 0 Å². The number of nitrogens with zero attached hydrogens (tertiary/aromatic N) is 2. The maximum atomic E-state index is 12.1. The minimum atomic E-state index is -0.355. The van der Waals surface area contributed by atoms with Crippen LogP contribution in [-0.4, -0.2) is 16.5 Å². The van der Waals surface area contributed by atoms with E-state index >= 15 is 0 Å². The molecule has 0 aliphatic rings. The van der Waals surface area contributed by atoms with Crippen molar-refractivity contribution in [3.63, 3.8) is 0 Å². The molecule has 1 aromatic rings. The summed E-state index contributed by atoms with van der Waals surface area (Å²) >= 11 is 0. The van der Waals surface area contributed by atoms with Crippen LogP contribution >= 0.6 is 0 Å². The van der Waals surface area contributed by atoms with Crippen LogP contribution in [-0.2, 0) is 12.0 Å². The summed E-state index contributed by atoms with van der Waals surface area (Å²) in [5.41, 5.74) is 2.37. The first kappa shape index (κ1) is 10.2. The summed E-state index contributed by atoms with van der Waals surface area (Å²) in [4.78, 5) is 0. The molecule has 0 bridgehead atoms. The first-order valence-corrected chi connectivity index (χ1v) is 4.55. The van der Waals surface area contributed by atoms with E-state index in [0.29, 0.717) is 6.54 Å². The molecular weight excluding hydrogens is 167 g/mol. The zero-order chi connectivity index (χ0) is 10.1. The van der Waals surface area contributed by atoms with Gasteiger partial charge in [-0.05, 0) is 17.9 Å². The predicted molar refractivity (Wildman–Crippen MR) is 51.6 cm³/mol. The van der Waals surface area contributed by atoms with E-state index in [2.05, 4.69) is 25.9 Å². The van der Waals surface area contributed by atoms with Gasteiger partial charge in [-0.15, -0.1) is 0 Å². The second-order valence-corrected chi connectivity index (χ2v) is 4.31. The van der Waals surface area contributed by atoms with Gasteiger partial charge in [0, 0.05) is 5.69 Å². The maximum absolute atomic E-state index is 12.1. The molecule has 1 rings (SSSR count). The lowest BCUT2D eigenvalue weighted by Gasteiger charge is -2.17. The molecule has 0 saturated heterocycles. The Bertz CT molecular complexity index is 284. The standard InChI is InChI=1S/C10H17FN2/c1-8-9(10(2,3)4)7-12-13(8)6-5-11/h7H,5-6H2,1-4H3. The molecule has 0 radical (unpaired) electrons. The van der Waals surface area contributed by atoms with Crippen LogP contribution in [0.3, 0.4) is 0 Å². The molecule has 74 valence electrons. The third-order valence-corrected chi connectivity index (χ3v) is 2.21. The fourth-order valence-corrected chi connectivity index (χ4v) is 1.49. The van der Waals surface area contributed by atoms with Crippen LogP contribution in [0.25, 0.3) is 0 Å². The summed E-state index contributed by atoms with van der Waals surface area (Å²) in [5, 5.41) is 4.15. The molecule has 0 fully saturated rings. The molecule has 0 saturated carbocycles. The van der Waals surface area contributed by atoms with Crippen molar-refractivity contribution < 1.29 is 4.39 Å². The molecule has 3 heteroatoms. The Labute approximate surface area is 78.8 Å². The smallest absolute Gasteiger partial charge is 0.109 e. The number of rotatable bonds is 2. The number of aromatic nitrogens is 2. The van der Waals surface area contributed by atoms with Gasteiger partial charge in [0.25, 0.3) is 0 Å². The Kier molecular flexibility index (Phi) is 2.74. The van der Waals surface area contributed by atoms with Crippen molar-refractivity contribution in [3.8, 4) is 0 Å². The Balaban J connectivity index is 2.99. The lowest BCUT2D eigenvalue weighted by Crippen LogP contribution is -2.13. The number of aryl methyl sites for hydroxylation is 1. The van der Waals surface area contributed by atoms with E-state index in [-0.39, 0.29) is 12.1 Å². The molecule has 13 heavy (non-hydrogen) atoms. The van der Waals surface area contributed by atoms with Crippen molar-refractivity contribution in [3.05, 3.63) is 17.5 Å². The molecule has 0 spiro atoms. The fourth-order valence-electron chi connectivity index (χ4n) is 1.49. The van der Waals surface area contributed by atoms with Crippen LogP contribution < -0.4 is 0 Å². The highest BCUT2D eigenvalue weighted by atomic mass is 19.1. The Morgan fingerprint density at radius 1 is 1.46 bits per heavy atom. The van der Waals surface area contributed by atoms with E-state index in [4.69, 9.17) is 0 Å². The van der Waals surface area contributed by atoms with E-state index < -0.39 is 0 Å². The average Bonchev–Trinajstić information content (AvgIpc) is 2.32. The maximum Gasteiger partial charge on any atom is 0.109 e. The van der Waals surface area contributed by atoms with Crippen LogP contribution in [0.1, 0.15) is 32.0 Å². The van der Waals surface area contributed by atoms with E-state index in [1.54, 1.807) is 4.68 Å². The molecule has 0 amide bonds. The SMILES string of the molecule is Cc1c(C(C)(C)C)cnn1CCF. The van der Waals surface area contributed by atoms with Crippen LogP contribution in [0, 0.1) is 6.92 Å². The summed E-state index contributed by atoms with van der Waals surface area (Å²) in [5.74, 6) is 0. The highest BCUT2D eigenvalue weighted by Gasteiger charge is 2.19. The van der Waals surface area contributed by atoms with Gasteiger partial charge in [0.1, 0.15) is 6.67 Å². The quantitative estimate of drug-likeness (QED) is 0.690. The normalized spacial score (nSPS) is 12.1. The van der Waals surface area contributed by atoms with E-state index in [9.17, 15) is 4.39 Å². The van der Waals surface area contributed by atoms with Gasteiger partial charge in [0.05, 0.1) is 12.7 Å². The van der Waals surface area contributed by atoms with Crippen molar-refractivity contribution >= 4 is 0 Å². The van der Waals surface area contributed by atoms with Crippen molar-refractivity contribution in [1.82, 2.24) is 9.78 Å². The number of halogens is 1. The zero-order valence-electron chi connectivity index (χ0n) is 8.76. The van der Waals surface area contributed by atoms with Crippen molar-refractivity contribution in [2.45, 2.75) is 39.7 Å². The molecule has 0 aliphatic carbocycles. The highest BCUT2D eigenvalue weighted by Crippen LogP contribution is 2.24. The largest absolute Gasteiger partial charge is 0.267 e. The van der Waals surface area contributed by atoms with Gasteiger partial charge in [-0.1, -0.05) is 20.8 Å². The summed E-state index contributed by atoms with van der Waals surface area (Å²) in [7, 11) is 0. The Hall–Kier alpha value is -0.860. The molecular formula is C10H17FN2. The monoisotopic (exact) mass is 184 g/mol. The van der Waals surface area contributed by atoms with Crippen LogP contribution in [0.4, 0.5) is 4.39 Å². The van der Waals surface area contributed by atoms with Crippen LogP contribution in [0.5, 0.6) is 0 Å². The summed E-state index contributed by atoms with van der Waals surface area (Å²) in [6, 6.07) is 0. The van der Waals surface area contributed by atoms with Gasteiger partial charge in [-0.3, -0.25) is 4.68 Å². The summed E-state index contributed by atoms with van der Waals surface area (Å²) < 4.78 is 13.8. The first-order valence-electron chi connectivity index (χ1n) is 4.55. The Morgan fingerprint density at radius 2 is 2.08 bits per heavy atom. The van der Waals surface area contributed by atoms with Gasteiger partial charge in [0.15, 0.2) is 0 Å². The minimum Gasteiger partial charge on any atom is -0.267 e. The third kappa shape index (κ3) is 2.08. The van der Waals surface area contributed by atoms with E-state index in [1.807, 2.05) is 13.1 Å². The number of alkyl halides is 1. The van der Waals surface area contributed by atoms with Crippen LogP contribution in [0.2, 0.25) is 0 Å². The van der Waals surface area contributed by atoms with Gasteiger partial charge >= 0.3 is 0 Å². The molecule has 2 nitrogen and oxygen atoms in total. The van der Waals surface area contributed by atoms with Crippen molar-refractivity contribution in [1.29, 1.82) is 0 Å². The molecule has 1 aromatic heterocycles. The van der Waals surface area contributed by atoms with E-state index in [1.165, 1.54) is 5.56 Å². The summed E-state index contributed by atoms with van der Waals surface area (Å²) in [6.45, 7) is 8.40. The molecule has 0 aliphatic heterocycles. The predicted octanol–water partition coefficient (Wildman–Crippen LogP) is 2.46.